The fourth-order valence-electron chi connectivity index (χ4n) is 2.96. The van der Waals surface area contributed by atoms with Crippen LogP contribution in [-0.4, -0.2) is 23.7 Å². The zero-order valence-corrected chi connectivity index (χ0v) is 13.4. The zero-order valence-electron chi connectivity index (χ0n) is 11.9. The van der Waals surface area contributed by atoms with Crippen LogP contribution in [0.15, 0.2) is 28.7 Å². The van der Waals surface area contributed by atoms with E-state index >= 15 is 0 Å². The monoisotopic (exact) mass is 339 g/mol. The van der Waals surface area contributed by atoms with Crippen LogP contribution in [0.4, 0.5) is 0 Å². The van der Waals surface area contributed by atoms with Crippen molar-refractivity contribution in [2.75, 3.05) is 6.54 Å². The highest BCUT2D eigenvalue weighted by Crippen LogP contribution is 2.41. The molecule has 0 aromatic heterocycles. The molecule has 0 bridgehead atoms. The predicted molar refractivity (Wildman–Crippen MR) is 83.6 cm³/mol. The minimum Gasteiger partial charge on any atom is -0.393 e. The third-order valence-corrected chi connectivity index (χ3v) is 4.66. The van der Waals surface area contributed by atoms with E-state index in [1.165, 1.54) is 0 Å². The van der Waals surface area contributed by atoms with Crippen molar-refractivity contribution in [2.24, 2.45) is 0 Å². The quantitative estimate of drug-likeness (QED) is 0.865. The van der Waals surface area contributed by atoms with Crippen molar-refractivity contribution in [1.82, 2.24) is 5.32 Å². The summed E-state index contributed by atoms with van der Waals surface area (Å²) in [5, 5.41) is 12.3. The van der Waals surface area contributed by atoms with Crippen molar-refractivity contribution in [3.05, 3.63) is 34.3 Å². The van der Waals surface area contributed by atoms with Gasteiger partial charge in [-0.15, -0.1) is 0 Å². The third kappa shape index (κ3) is 3.41. The Bertz CT molecular complexity index is 450. The number of amides is 1. The summed E-state index contributed by atoms with van der Waals surface area (Å²) in [7, 11) is 0. The molecular formula is C16H22BrNO2. The van der Waals surface area contributed by atoms with E-state index in [1.807, 2.05) is 24.3 Å². The van der Waals surface area contributed by atoms with Crippen LogP contribution in [0.1, 0.15) is 44.6 Å². The predicted octanol–water partition coefficient (Wildman–Crippen LogP) is 3.15. The molecule has 4 heteroatoms. The van der Waals surface area contributed by atoms with Crippen molar-refractivity contribution in [3.63, 3.8) is 0 Å². The maximum Gasteiger partial charge on any atom is 0.230 e. The van der Waals surface area contributed by atoms with Crippen LogP contribution in [0, 0.1) is 0 Å². The first-order valence-corrected chi connectivity index (χ1v) is 8.06. The Morgan fingerprint density at radius 2 is 1.95 bits per heavy atom. The zero-order chi connectivity index (χ0) is 14.6. The van der Waals surface area contributed by atoms with Gasteiger partial charge in [0, 0.05) is 11.0 Å². The number of hydrogen-bond donors (Lipinski definition) is 2. The van der Waals surface area contributed by atoms with E-state index in [0.29, 0.717) is 13.0 Å². The Morgan fingerprint density at radius 3 is 2.50 bits per heavy atom. The van der Waals surface area contributed by atoms with Crippen LogP contribution in [0.3, 0.4) is 0 Å². The van der Waals surface area contributed by atoms with Crippen LogP contribution < -0.4 is 5.32 Å². The number of rotatable bonds is 5. The van der Waals surface area contributed by atoms with Gasteiger partial charge >= 0.3 is 0 Å². The molecule has 1 atom stereocenters. The van der Waals surface area contributed by atoms with Gasteiger partial charge in [-0.2, -0.15) is 0 Å². The Morgan fingerprint density at radius 1 is 1.35 bits per heavy atom. The van der Waals surface area contributed by atoms with E-state index in [1.54, 1.807) is 6.92 Å². The van der Waals surface area contributed by atoms with E-state index in [4.69, 9.17) is 0 Å². The van der Waals surface area contributed by atoms with Crippen molar-refractivity contribution >= 4 is 21.8 Å². The SMILES string of the molecule is CC(O)CCNC(=O)C1(c2ccc(Br)cc2)CCCC1. The largest absolute Gasteiger partial charge is 0.393 e. The number of carbonyl (C=O) groups excluding carboxylic acids is 1. The number of aliphatic hydroxyl groups excluding tert-OH is 1. The Balaban J connectivity index is 2.13. The van der Waals surface area contributed by atoms with Gasteiger partial charge in [0.05, 0.1) is 11.5 Å². The van der Waals surface area contributed by atoms with Gasteiger partial charge in [0.2, 0.25) is 5.91 Å². The number of carbonyl (C=O) groups is 1. The first-order chi connectivity index (χ1) is 9.54. The summed E-state index contributed by atoms with van der Waals surface area (Å²) in [6, 6.07) is 8.09. The molecule has 1 unspecified atom stereocenters. The van der Waals surface area contributed by atoms with Crippen molar-refractivity contribution in [3.8, 4) is 0 Å². The summed E-state index contributed by atoms with van der Waals surface area (Å²) >= 11 is 3.44. The molecule has 1 fully saturated rings. The number of halogens is 1. The summed E-state index contributed by atoms with van der Waals surface area (Å²) in [5.41, 5.74) is 0.729. The molecule has 0 spiro atoms. The second kappa shape index (κ2) is 6.72. The first-order valence-electron chi connectivity index (χ1n) is 7.27. The minimum atomic E-state index is -0.376. The third-order valence-electron chi connectivity index (χ3n) is 4.14. The summed E-state index contributed by atoms with van der Waals surface area (Å²) in [4.78, 5) is 12.6. The number of benzene rings is 1. The Labute approximate surface area is 128 Å². The van der Waals surface area contributed by atoms with Gasteiger partial charge < -0.3 is 10.4 Å². The lowest BCUT2D eigenvalue weighted by atomic mass is 9.78. The van der Waals surface area contributed by atoms with Gasteiger partial charge in [0.1, 0.15) is 0 Å². The molecule has 2 rings (SSSR count). The average molecular weight is 340 g/mol. The molecule has 20 heavy (non-hydrogen) atoms. The fraction of sp³-hybridized carbons (Fsp3) is 0.562. The van der Waals surface area contributed by atoms with E-state index in [9.17, 15) is 9.90 Å². The molecule has 1 saturated carbocycles. The maximum absolute atomic E-state index is 12.6. The second-order valence-electron chi connectivity index (χ2n) is 5.69. The van der Waals surface area contributed by atoms with Gasteiger partial charge in [-0.3, -0.25) is 4.79 Å². The molecule has 1 amide bonds. The summed E-state index contributed by atoms with van der Waals surface area (Å²) < 4.78 is 1.03. The molecule has 0 heterocycles. The van der Waals surface area contributed by atoms with Crippen molar-refractivity contribution < 1.29 is 9.90 Å². The van der Waals surface area contributed by atoms with Gasteiger partial charge in [-0.25, -0.2) is 0 Å². The number of hydrogen-bond acceptors (Lipinski definition) is 2. The lowest BCUT2D eigenvalue weighted by Crippen LogP contribution is -2.43. The highest BCUT2D eigenvalue weighted by Gasteiger charge is 2.42. The van der Waals surface area contributed by atoms with Crippen LogP contribution in [-0.2, 0) is 10.2 Å². The molecule has 1 aromatic carbocycles. The standard InChI is InChI=1S/C16H22BrNO2/c1-12(19)8-11-18-15(20)16(9-2-3-10-16)13-4-6-14(17)7-5-13/h4-7,12,19H,2-3,8-11H2,1H3,(H,18,20). The maximum atomic E-state index is 12.6. The molecule has 0 radical (unpaired) electrons. The fourth-order valence-corrected chi connectivity index (χ4v) is 3.22. The Hall–Kier alpha value is -0.870. The molecule has 110 valence electrons. The van der Waals surface area contributed by atoms with Gasteiger partial charge in [-0.05, 0) is 43.9 Å². The molecule has 1 aliphatic rings. The lowest BCUT2D eigenvalue weighted by molar-refractivity contribution is -0.126. The highest BCUT2D eigenvalue weighted by atomic mass is 79.9. The summed E-state index contributed by atoms with van der Waals surface area (Å²) in [6.45, 7) is 2.28. The molecule has 0 saturated heterocycles. The average Bonchev–Trinajstić information content (AvgIpc) is 2.89. The number of aliphatic hydroxyl groups is 1. The van der Waals surface area contributed by atoms with Crippen molar-refractivity contribution in [2.45, 2.75) is 50.5 Å². The molecular weight excluding hydrogens is 318 g/mol. The van der Waals surface area contributed by atoms with Crippen LogP contribution in [0.2, 0.25) is 0 Å². The van der Waals surface area contributed by atoms with Crippen LogP contribution in [0.25, 0.3) is 0 Å². The van der Waals surface area contributed by atoms with Crippen LogP contribution in [0.5, 0.6) is 0 Å². The molecule has 3 nitrogen and oxygen atoms in total. The van der Waals surface area contributed by atoms with Gasteiger partial charge in [0.25, 0.3) is 0 Å². The van der Waals surface area contributed by atoms with Gasteiger partial charge in [-0.1, -0.05) is 40.9 Å². The normalized spacial score (nSPS) is 18.8. The minimum absolute atomic E-state index is 0.109. The van der Waals surface area contributed by atoms with Crippen LogP contribution >= 0.6 is 15.9 Å². The lowest BCUT2D eigenvalue weighted by Gasteiger charge is -2.28. The van der Waals surface area contributed by atoms with E-state index in [-0.39, 0.29) is 17.4 Å². The van der Waals surface area contributed by atoms with E-state index < -0.39 is 0 Å². The second-order valence-corrected chi connectivity index (χ2v) is 6.61. The highest BCUT2D eigenvalue weighted by molar-refractivity contribution is 9.10. The summed E-state index contributed by atoms with van der Waals surface area (Å²) in [5.74, 6) is 0.109. The summed E-state index contributed by atoms with van der Waals surface area (Å²) in [6.07, 6.45) is 4.24. The smallest absolute Gasteiger partial charge is 0.230 e. The van der Waals surface area contributed by atoms with E-state index in [2.05, 4.69) is 21.2 Å². The molecule has 0 aliphatic heterocycles. The van der Waals surface area contributed by atoms with Crippen molar-refractivity contribution in [1.29, 1.82) is 0 Å². The molecule has 2 N–H and O–H groups in total. The topological polar surface area (TPSA) is 49.3 Å². The van der Waals surface area contributed by atoms with Gasteiger partial charge in [0.15, 0.2) is 0 Å². The first kappa shape index (κ1) is 15.5. The molecule has 1 aliphatic carbocycles. The molecule has 1 aromatic rings. The van der Waals surface area contributed by atoms with E-state index in [0.717, 1.165) is 35.7 Å². The number of nitrogens with one attached hydrogen (secondary N) is 1. The Kier molecular flexibility index (Phi) is 5.22.